The van der Waals surface area contributed by atoms with Crippen LogP contribution in [0.25, 0.3) is 0 Å². The fourth-order valence-corrected chi connectivity index (χ4v) is 3.44. The number of nitrogens with zero attached hydrogens (tertiary/aromatic N) is 1. The van der Waals surface area contributed by atoms with Crippen LogP contribution in [0.5, 0.6) is 0 Å². The van der Waals surface area contributed by atoms with Gasteiger partial charge in [0.1, 0.15) is 5.01 Å². The lowest BCUT2D eigenvalue weighted by atomic mass is 9.87. The molecule has 0 bridgehead atoms. The maximum atomic E-state index is 5.92. The number of rotatable bonds is 3. The number of hydrogen-bond acceptors (Lipinski definition) is 3. The monoisotopic (exact) mass is 210 g/mol. The predicted molar refractivity (Wildman–Crippen MR) is 60.7 cm³/mol. The van der Waals surface area contributed by atoms with Gasteiger partial charge in [-0.05, 0) is 19.3 Å². The molecule has 14 heavy (non-hydrogen) atoms. The summed E-state index contributed by atoms with van der Waals surface area (Å²) in [6, 6.07) is 0. The van der Waals surface area contributed by atoms with Crippen molar-refractivity contribution in [3.05, 3.63) is 16.1 Å². The van der Waals surface area contributed by atoms with Gasteiger partial charge >= 0.3 is 0 Å². The molecule has 1 aromatic heterocycles. The quantitative estimate of drug-likeness (QED) is 0.832. The Labute approximate surface area is 89.5 Å². The fraction of sp³-hybridized carbons (Fsp3) is 0.727. The Kier molecular flexibility index (Phi) is 2.88. The topological polar surface area (TPSA) is 38.9 Å². The molecule has 0 spiro atoms. The largest absolute Gasteiger partial charge is 0.329 e. The van der Waals surface area contributed by atoms with Crippen LogP contribution in [0.4, 0.5) is 0 Å². The van der Waals surface area contributed by atoms with Crippen molar-refractivity contribution in [2.24, 2.45) is 5.73 Å². The van der Waals surface area contributed by atoms with Crippen molar-refractivity contribution < 1.29 is 0 Å². The minimum atomic E-state index is 0.234. The van der Waals surface area contributed by atoms with E-state index in [4.69, 9.17) is 10.7 Å². The summed E-state index contributed by atoms with van der Waals surface area (Å²) in [4.78, 5) is 4.69. The number of thiazole rings is 1. The van der Waals surface area contributed by atoms with Crippen LogP contribution in [-0.4, -0.2) is 11.5 Å². The van der Waals surface area contributed by atoms with Crippen molar-refractivity contribution in [1.29, 1.82) is 0 Å². The molecule has 78 valence electrons. The molecule has 1 heterocycles. The first kappa shape index (κ1) is 10.1. The van der Waals surface area contributed by atoms with E-state index in [0.717, 1.165) is 13.0 Å². The van der Waals surface area contributed by atoms with E-state index in [1.807, 2.05) is 0 Å². The van der Waals surface area contributed by atoms with Gasteiger partial charge in [-0.15, -0.1) is 11.3 Å². The molecule has 2 rings (SSSR count). The molecule has 2 N–H and O–H groups in total. The van der Waals surface area contributed by atoms with Gasteiger partial charge in [0.25, 0.3) is 0 Å². The van der Waals surface area contributed by atoms with E-state index in [1.165, 1.54) is 36.4 Å². The summed E-state index contributed by atoms with van der Waals surface area (Å²) in [6.45, 7) is 2.92. The second-order valence-electron chi connectivity index (χ2n) is 4.19. The van der Waals surface area contributed by atoms with Crippen molar-refractivity contribution in [2.75, 3.05) is 6.54 Å². The van der Waals surface area contributed by atoms with E-state index in [9.17, 15) is 0 Å². The summed E-state index contributed by atoms with van der Waals surface area (Å²) in [5.74, 6) is 0. The van der Waals surface area contributed by atoms with Gasteiger partial charge in [-0.25, -0.2) is 4.98 Å². The zero-order valence-corrected chi connectivity index (χ0v) is 9.57. The molecule has 3 heteroatoms. The summed E-state index contributed by atoms with van der Waals surface area (Å²) in [5, 5.41) is 3.47. The summed E-state index contributed by atoms with van der Waals surface area (Å²) < 4.78 is 0. The molecule has 0 atom stereocenters. The van der Waals surface area contributed by atoms with E-state index in [0.29, 0.717) is 0 Å². The first-order chi connectivity index (χ1) is 6.80. The van der Waals surface area contributed by atoms with Crippen LogP contribution in [0.2, 0.25) is 0 Å². The smallest absolute Gasteiger partial charge is 0.100 e. The van der Waals surface area contributed by atoms with Gasteiger partial charge < -0.3 is 5.73 Å². The Morgan fingerprint density at radius 2 is 2.21 bits per heavy atom. The molecule has 0 amide bonds. The van der Waals surface area contributed by atoms with E-state index in [-0.39, 0.29) is 5.41 Å². The van der Waals surface area contributed by atoms with E-state index in [1.54, 1.807) is 11.3 Å². The number of nitrogens with two attached hydrogens (primary N) is 1. The number of hydrogen-bond donors (Lipinski definition) is 1. The van der Waals surface area contributed by atoms with Crippen LogP contribution in [0.3, 0.4) is 0 Å². The third-order valence-electron chi connectivity index (χ3n) is 3.32. The van der Waals surface area contributed by atoms with E-state index >= 15 is 0 Å². The second kappa shape index (κ2) is 3.99. The Bertz CT molecular complexity index is 300. The zero-order valence-electron chi connectivity index (χ0n) is 8.75. The Morgan fingerprint density at radius 1 is 1.50 bits per heavy atom. The molecular formula is C11H18N2S. The molecule has 0 saturated heterocycles. The summed E-state index contributed by atoms with van der Waals surface area (Å²) in [6.07, 6.45) is 6.15. The maximum absolute atomic E-state index is 5.92. The Hall–Kier alpha value is -0.410. The molecule has 0 unspecified atom stereocenters. The van der Waals surface area contributed by atoms with Crippen LogP contribution in [0.1, 0.15) is 43.3 Å². The minimum absolute atomic E-state index is 0.234. The highest BCUT2D eigenvalue weighted by atomic mass is 32.1. The first-order valence-corrected chi connectivity index (χ1v) is 6.33. The van der Waals surface area contributed by atoms with Gasteiger partial charge in [-0.1, -0.05) is 19.8 Å². The highest BCUT2D eigenvalue weighted by Gasteiger charge is 2.36. The molecule has 1 fully saturated rings. The molecule has 0 radical (unpaired) electrons. The van der Waals surface area contributed by atoms with Gasteiger partial charge in [0.15, 0.2) is 0 Å². The van der Waals surface area contributed by atoms with Gasteiger partial charge in [0.2, 0.25) is 0 Å². The van der Waals surface area contributed by atoms with Gasteiger partial charge in [-0.3, -0.25) is 0 Å². The predicted octanol–water partition coefficient (Wildman–Crippen LogP) is 2.48. The average molecular weight is 210 g/mol. The van der Waals surface area contributed by atoms with Crippen molar-refractivity contribution in [3.63, 3.8) is 0 Å². The van der Waals surface area contributed by atoms with Crippen LogP contribution < -0.4 is 5.73 Å². The number of aromatic nitrogens is 1. The molecule has 0 aliphatic heterocycles. The van der Waals surface area contributed by atoms with Crippen LogP contribution >= 0.6 is 11.3 Å². The molecule has 2 nitrogen and oxygen atoms in total. The lowest BCUT2D eigenvalue weighted by molar-refractivity contribution is 0.449. The lowest BCUT2D eigenvalue weighted by Crippen LogP contribution is -2.31. The molecule has 1 aromatic rings. The Balaban J connectivity index is 2.26. The third kappa shape index (κ3) is 1.59. The summed E-state index contributed by atoms with van der Waals surface area (Å²) in [7, 11) is 0. The average Bonchev–Trinajstić information content (AvgIpc) is 2.87. The van der Waals surface area contributed by atoms with Crippen molar-refractivity contribution >= 4 is 11.3 Å². The van der Waals surface area contributed by atoms with Gasteiger partial charge in [0.05, 0.1) is 5.69 Å². The van der Waals surface area contributed by atoms with Crippen molar-refractivity contribution in [1.82, 2.24) is 4.98 Å². The summed E-state index contributed by atoms with van der Waals surface area (Å²) in [5.41, 5.74) is 7.38. The summed E-state index contributed by atoms with van der Waals surface area (Å²) >= 11 is 1.80. The SMILES string of the molecule is CCc1csc(C2(CN)CCCC2)n1. The van der Waals surface area contributed by atoms with Gasteiger partial charge in [0, 0.05) is 17.3 Å². The second-order valence-corrected chi connectivity index (χ2v) is 5.05. The van der Waals surface area contributed by atoms with Gasteiger partial charge in [-0.2, -0.15) is 0 Å². The van der Waals surface area contributed by atoms with Crippen LogP contribution in [-0.2, 0) is 11.8 Å². The zero-order chi connectivity index (χ0) is 10.0. The lowest BCUT2D eigenvalue weighted by Gasteiger charge is -2.24. The van der Waals surface area contributed by atoms with Crippen LogP contribution in [0, 0.1) is 0 Å². The highest BCUT2D eigenvalue weighted by Crippen LogP contribution is 2.41. The van der Waals surface area contributed by atoms with Crippen LogP contribution in [0.15, 0.2) is 5.38 Å². The number of aryl methyl sites for hydroxylation is 1. The fourth-order valence-electron chi connectivity index (χ4n) is 2.27. The molecule has 0 aromatic carbocycles. The van der Waals surface area contributed by atoms with E-state index in [2.05, 4.69) is 12.3 Å². The Morgan fingerprint density at radius 3 is 2.71 bits per heavy atom. The van der Waals surface area contributed by atoms with Crippen molar-refractivity contribution in [2.45, 2.75) is 44.4 Å². The molecule has 1 aliphatic carbocycles. The minimum Gasteiger partial charge on any atom is -0.329 e. The first-order valence-electron chi connectivity index (χ1n) is 5.46. The molecular weight excluding hydrogens is 192 g/mol. The molecule has 1 aliphatic rings. The van der Waals surface area contributed by atoms with Crippen molar-refractivity contribution in [3.8, 4) is 0 Å². The maximum Gasteiger partial charge on any atom is 0.100 e. The molecule has 1 saturated carbocycles. The normalized spacial score (nSPS) is 20.1. The van der Waals surface area contributed by atoms with E-state index < -0.39 is 0 Å². The standard InChI is InChI=1S/C11H18N2S/c1-2-9-7-14-10(13-9)11(8-12)5-3-4-6-11/h7H,2-6,8,12H2,1H3. The highest BCUT2D eigenvalue weighted by molar-refractivity contribution is 7.09. The third-order valence-corrected chi connectivity index (χ3v) is 4.46.